The number of aromatic nitrogens is 1. The minimum Gasteiger partial charge on any atom is -0.492 e. The molecule has 7 nitrogen and oxygen atoms in total. The Morgan fingerprint density at radius 3 is 2.39 bits per heavy atom. The maximum Gasteiger partial charge on any atom is 0.279 e. The van der Waals surface area contributed by atoms with Crippen molar-refractivity contribution in [1.82, 2.24) is 4.57 Å². The molecule has 1 amide bonds. The molecule has 0 bridgehead atoms. The number of fused-ring (bicyclic) bond motifs is 1. The topological polar surface area (TPSA) is 81.0 Å². The highest BCUT2D eigenvalue weighted by Gasteiger charge is 2.21. The molecule has 0 aliphatic carbocycles. The molecular formula is C24H23N3O4S2. The number of thiazole rings is 1. The summed E-state index contributed by atoms with van der Waals surface area (Å²) in [5, 5.41) is 0. The summed E-state index contributed by atoms with van der Waals surface area (Å²) in [7, 11) is -0.419. The summed E-state index contributed by atoms with van der Waals surface area (Å²) >= 11 is 1.39. The number of nitrogens with zero attached hydrogens (tertiary/aromatic N) is 3. The van der Waals surface area contributed by atoms with Gasteiger partial charge in [-0.2, -0.15) is 4.99 Å². The van der Waals surface area contributed by atoms with E-state index in [0.717, 1.165) is 16.0 Å². The summed E-state index contributed by atoms with van der Waals surface area (Å²) in [5.74, 6) is 0.287. The van der Waals surface area contributed by atoms with Gasteiger partial charge in [0.2, 0.25) is 0 Å². The van der Waals surface area contributed by atoms with Crippen molar-refractivity contribution in [3.63, 3.8) is 0 Å². The van der Waals surface area contributed by atoms with Crippen LogP contribution in [0.2, 0.25) is 0 Å². The van der Waals surface area contributed by atoms with Crippen LogP contribution in [0.25, 0.3) is 10.2 Å². The van der Waals surface area contributed by atoms with Crippen LogP contribution >= 0.6 is 11.3 Å². The molecule has 0 saturated carbocycles. The van der Waals surface area contributed by atoms with E-state index in [1.165, 1.54) is 47.0 Å². The number of carbonyl (C=O) groups is 1. The number of benzene rings is 3. The predicted molar refractivity (Wildman–Crippen MR) is 130 cm³/mol. The van der Waals surface area contributed by atoms with Gasteiger partial charge in [-0.05, 0) is 55.5 Å². The van der Waals surface area contributed by atoms with E-state index in [1.807, 2.05) is 42.8 Å². The number of rotatable bonds is 6. The van der Waals surface area contributed by atoms with Crippen LogP contribution in [0.5, 0.6) is 5.75 Å². The fraction of sp³-hybridized carbons (Fsp3) is 0.167. The second-order valence-corrected chi connectivity index (χ2v) is 10.2. The zero-order valence-electron chi connectivity index (χ0n) is 18.4. The lowest BCUT2D eigenvalue weighted by atomic mass is 10.2. The van der Waals surface area contributed by atoms with Gasteiger partial charge in [-0.15, -0.1) is 0 Å². The molecule has 0 aliphatic heterocycles. The highest BCUT2D eigenvalue weighted by molar-refractivity contribution is 7.92. The van der Waals surface area contributed by atoms with Crippen LogP contribution in [0.4, 0.5) is 5.69 Å². The van der Waals surface area contributed by atoms with Crippen molar-refractivity contribution in [3.05, 3.63) is 83.2 Å². The maximum atomic E-state index is 12.9. The van der Waals surface area contributed by atoms with Gasteiger partial charge in [-0.3, -0.25) is 9.10 Å². The van der Waals surface area contributed by atoms with E-state index in [2.05, 4.69) is 4.99 Å². The van der Waals surface area contributed by atoms with E-state index in [-0.39, 0.29) is 4.90 Å². The minimum atomic E-state index is -3.75. The molecule has 33 heavy (non-hydrogen) atoms. The SMILES string of the molecule is CCOc1cccc2sc(=NC(=O)c3ccc(S(=O)(=O)N(C)c4ccccc4)cc3)n(C)c12. The molecule has 4 aromatic rings. The zero-order valence-corrected chi connectivity index (χ0v) is 20.1. The quantitative estimate of drug-likeness (QED) is 0.413. The Kier molecular flexibility index (Phi) is 6.35. The number of carbonyl (C=O) groups excluding carboxylic acids is 1. The van der Waals surface area contributed by atoms with Crippen LogP contribution < -0.4 is 13.8 Å². The van der Waals surface area contributed by atoms with Crippen LogP contribution in [0.15, 0.2) is 82.7 Å². The molecule has 170 valence electrons. The fourth-order valence-corrected chi connectivity index (χ4v) is 5.63. The minimum absolute atomic E-state index is 0.0965. The normalized spacial score (nSPS) is 12.2. The van der Waals surface area contributed by atoms with Crippen molar-refractivity contribution in [2.45, 2.75) is 11.8 Å². The smallest absolute Gasteiger partial charge is 0.279 e. The first-order valence-electron chi connectivity index (χ1n) is 10.3. The average Bonchev–Trinajstić information content (AvgIpc) is 3.15. The van der Waals surface area contributed by atoms with Gasteiger partial charge in [0.25, 0.3) is 15.9 Å². The van der Waals surface area contributed by atoms with Crippen molar-refractivity contribution < 1.29 is 17.9 Å². The number of aryl methyl sites for hydroxylation is 1. The van der Waals surface area contributed by atoms with Gasteiger partial charge in [-0.1, -0.05) is 35.6 Å². The molecule has 1 heterocycles. The third-order valence-electron chi connectivity index (χ3n) is 5.16. The first-order valence-corrected chi connectivity index (χ1v) is 12.5. The average molecular weight is 482 g/mol. The molecule has 0 N–H and O–H groups in total. The summed E-state index contributed by atoms with van der Waals surface area (Å²) in [6.07, 6.45) is 0. The summed E-state index contributed by atoms with van der Waals surface area (Å²) in [4.78, 5) is 17.7. The molecule has 9 heteroatoms. The van der Waals surface area contributed by atoms with E-state index >= 15 is 0 Å². The largest absolute Gasteiger partial charge is 0.492 e. The molecule has 4 rings (SSSR count). The van der Waals surface area contributed by atoms with Crippen LogP contribution in [0.3, 0.4) is 0 Å². The molecule has 0 unspecified atom stereocenters. The van der Waals surface area contributed by atoms with Crippen molar-refractivity contribution in [2.75, 3.05) is 18.0 Å². The predicted octanol–water partition coefficient (Wildman–Crippen LogP) is 4.20. The molecular weight excluding hydrogens is 458 g/mol. The van der Waals surface area contributed by atoms with Crippen LogP contribution in [-0.2, 0) is 17.1 Å². The number of hydrogen-bond acceptors (Lipinski definition) is 5. The second kappa shape index (κ2) is 9.21. The third kappa shape index (κ3) is 4.42. The van der Waals surface area contributed by atoms with Crippen molar-refractivity contribution in [3.8, 4) is 5.75 Å². The molecule has 0 spiro atoms. The molecule has 0 saturated heterocycles. The molecule has 1 aromatic heterocycles. The number of sulfonamides is 1. The summed E-state index contributed by atoms with van der Waals surface area (Å²) in [6, 6.07) is 20.4. The highest BCUT2D eigenvalue weighted by Crippen LogP contribution is 2.27. The van der Waals surface area contributed by atoms with E-state index in [4.69, 9.17) is 4.74 Å². The van der Waals surface area contributed by atoms with Gasteiger partial charge in [0.05, 0.1) is 21.9 Å². The number of amides is 1. The summed E-state index contributed by atoms with van der Waals surface area (Å²) < 4.78 is 35.6. The van der Waals surface area contributed by atoms with Crippen LogP contribution in [0, 0.1) is 0 Å². The maximum absolute atomic E-state index is 12.9. The lowest BCUT2D eigenvalue weighted by molar-refractivity contribution is 0.0998. The first kappa shape index (κ1) is 22.8. The zero-order chi connectivity index (χ0) is 23.6. The van der Waals surface area contributed by atoms with Gasteiger partial charge in [0.15, 0.2) is 4.80 Å². The van der Waals surface area contributed by atoms with Crippen molar-refractivity contribution >= 4 is 43.2 Å². The monoisotopic (exact) mass is 481 g/mol. The summed E-state index contributed by atoms with van der Waals surface area (Å²) in [5.41, 5.74) is 1.73. The molecule has 0 aliphatic rings. The van der Waals surface area contributed by atoms with Gasteiger partial charge < -0.3 is 9.30 Å². The Hall–Kier alpha value is -3.43. The number of hydrogen-bond donors (Lipinski definition) is 0. The second-order valence-electron chi connectivity index (χ2n) is 7.23. The first-order chi connectivity index (χ1) is 15.8. The summed E-state index contributed by atoms with van der Waals surface area (Å²) in [6.45, 7) is 2.45. The van der Waals surface area contributed by atoms with Crippen molar-refractivity contribution in [2.24, 2.45) is 12.0 Å². The van der Waals surface area contributed by atoms with Crippen molar-refractivity contribution in [1.29, 1.82) is 0 Å². The van der Waals surface area contributed by atoms with E-state index in [1.54, 1.807) is 24.3 Å². The number of ether oxygens (including phenoxy) is 1. The van der Waals surface area contributed by atoms with Crippen LogP contribution in [0.1, 0.15) is 17.3 Å². The number of para-hydroxylation sites is 2. The molecule has 3 aromatic carbocycles. The molecule has 0 fully saturated rings. The highest BCUT2D eigenvalue weighted by atomic mass is 32.2. The Balaban J connectivity index is 1.64. The van der Waals surface area contributed by atoms with Gasteiger partial charge >= 0.3 is 0 Å². The van der Waals surface area contributed by atoms with Crippen LogP contribution in [-0.4, -0.2) is 32.5 Å². The fourth-order valence-electron chi connectivity index (χ4n) is 3.40. The van der Waals surface area contributed by atoms with Gasteiger partial charge in [-0.25, -0.2) is 8.42 Å². The Morgan fingerprint density at radius 1 is 1.03 bits per heavy atom. The standard InChI is InChI=1S/C24H23N3O4S2/c1-4-31-20-11-8-12-21-22(20)26(2)24(32-21)25-23(28)17-13-15-19(16-14-17)33(29,30)27(3)18-9-6-5-7-10-18/h5-16H,4H2,1-3H3. The number of anilines is 1. The van der Waals surface area contributed by atoms with E-state index in [9.17, 15) is 13.2 Å². The van der Waals surface area contributed by atoms with Gasteiger partial charge in [0.1, 0.15) is 11.3 Å². The Morgan fingerprint density at radius 2 is 1.73 bits per heavy atom. The third-order valence-corrected chi connectivity index (χ3v) is 8.06. The van der Waals surface area contributed by atoms with Gasteiger partial charge in [0, 0.05) is 19.7 Å². The van der Waals surface area contributed by atoms with E-state index < -0.39 is 15.9 Å². The Labute approximate surface area is 196 Å². The lowest BCUT2D eigenvalue weighted by Crippen LogP contribution is -2.26. The lowest BCUT2D eigenvalue weighted by Gasteiger charge is -2.19. The molecule has 0 atom stereocenters. The van der Waals surface area contributed by atoms with E-state index in [0.29, 0.717) is 22.7 Å². The Bertz CT molecular complexity index is 1470. The molecule has 0 radical (unpaired) electrons.